The van der Waals surface area contributed by atoms with Gasteiger partial charge in [0.25, 0.3) is 0 Å². The summed E-state index contributed by atoms with van der Waals surface area (Å²) in [7, 11) is 0. The third-order valence-corrected chi connectivity index (χ3v) is 2.41. The summed E-state index contributed by atoms with van der Waals surface area (Å²) >= 11 is 0. The summed E-state index contributed by atoms with van der Waals surface area (Å²) in [5.41, 5.74) is 0. The average molecular weight is 318 g/mol. The van der Waals surface area contributed by atoms with Crippen molar-refractivity contribution < 1.29 is 38.1 Å². The number of ether oxygens (including phenoxy) is 4. The summed E-state index contributed by atoms with van der Waals surface area (Å²) in [4.78, 5) is 46.7. The van der Waals surface area contributed by atoms with E-state index < -0.39 is 36.1 Å². The van der Waals surface area contributed by atoms with Gasteiger partial charge in [0.2, 0.25) is 12.2 Å². The van der Waals surface area contributed by atoms with Gasteiger partial charge < -0.3 is 18.9 Å². The van der Waals surface area contributed by atoms with E-state index in [0.717, 1.165) is 0 Å². The van der Waals surface area contributed by atoms with Crippen molar-refractivity contribution in [3.8, 4) is 0 Å². The summed E-state index contributed by atoms with van der Waals surface area (Å²) in [6, 6.07) is 0. The van der Waals surface area contributed by atoms with E-state index in [4.69, 9.17) is 18.9 Å². The lowest BCUT2D eigenvalue weighted by atomic mass is 10.2. The molecule has 8 nitrogen and oxygen atoms in total. The molecule has 2 atom stereocenters. The van der Waals surface area contributed by atoms with Crippen molar-refractivity contribution in [2.75, 3.05) is 13.2 Å². The van der Waals surface area contributed by atoms with Gasteiger partial charge >= 0.3 is 23.9 Å². The van der Waals surface area contributed by atoms with E-state index >= 15 is 0 Å². The second kappa shape index (κ2) is 10.6. The second-order valence-electron chi connectivity index (χ2n) is 4.03. The maximum Gasteiger partial charge on any atom is 0.352 e. The Kier molecular flexibility index (Phi) is 9.56. The van der Waals surface area contributed by atoms with Crippen LogP contribution in [0.2, 0.25) is 0 Å². The van der Waals surface area contributed by atoms with Crippen LogP contribution in [-0.2, 0) is 38.1 Å². The molecule has 0 rings (SSSR count). The molecule has 0 aliphatic carbocycles. The van der Waals surface area contributed by atoms with Crippen LogP contribution >= 0.6 is 0 Å². The van der Waals surface area contributed by atoms with Gasteiger partial charge in [0.05, 0.1) is 13.2 Å². The predicted octanol–water partition coefficient (Wildman–Crippen LogP) is 0.756. The largest absolute Gasteiger partial charge is 0.463 e. The van der Waals surface area contributed by atoms with Crippen molar-refractivity contribution in [1.82, 2.24) is 0 Å². The van der Waals surface area contributed by atoms with Gasteiger partial charge in [-0.05, 0) is 13.8 Å². The van der Waals surface area contributed by atoms with Crippen LogP contribution < -0.4 is 0 Å². The van der Waals surface area contributed by atoms with Gasteiger partial charge in [-0.2, -0.15) is 0 Å². The van der Waals surface area contributed by atoms with Crippen molar-refractivity contribution in [2.45, 2.75) is 52.7 Å². The van der Waals surface area contributed by atoms with Crippen LogP contribution in [0.5, 0.6) is 0 Å². The first-order chi connectivity index (χ1) is 10.4. The molecule has 0 heterocycles. The van der Waals surface area contributed by atoms with Crippen LogP contribution in [0.1, 0.15) is 40.5 Å². The minimum atomic E-state index is -1.69. The fourth-order valence-corrected chi connectivity index (χ4v) is 1.37. The Hall–Kier alpha value is -2.12. The van der Waals surface area contributed by atoms with Gasteiger partial charge in [0.15, 0.2) is 0 Å². The van der Waals surface area contributed by atoms with Crippen LogP contribution in [0.4, 0.5) is 0 Å². The van der Waals surface area contributed by atoms with Crippen molar-refractivity contribution in [2.24, 2.45) is 0 Å². The van der Waals surface area contributed by atoms with E-state index in [1.54, 1.807) is 13.8 Å². The molecule has 0 aliphatic rings. The third-order valence-electron chi connectivity index (χ3n) is 2.41. The van der Waals surface area contributed by atoms with Crippen LogP contribution in [-0.4, -0.2) is 49.3 Å². The molecule has 0 aromatic rings. The molecule has 0 N–H and O–H groups in total. The van der Waals surface area contributed by atoms with E-state index in [1.165, 1.54) is 13.8 Å². The molecular weight excluding hydrogens is 296 g/mol. The molecule has 126 valence electrons. The van der Waals surface area contributed by atoms with Crippen LogP contribution in [0.3, 0.4) is 0 Å². The van der Waals surface area contributed by atoms with Gasteiger partial charge in [0.1, 0.15) is 0 Å². The minimum Gasteiger partial charge on any atom is -0.463 e. The summed E-state index contributed by atoms with van der Waals surface area (Å²) in [6.07, 6.45) is -3.43. The lowest BCUT2D eigenvalue weighted by molar-refractivity contribution is -0.191. The Bertz CT molecular complexity index is 366. The zero-order valence-electron chi connectivity index (χ0n) is 13.2. The second-order valence-corrected chi connectivity index (χ2v) is 4.03. The highest BCUT2D eigenvalue weighted by Crippen LogP contribution is 2.12. The van der Waals surface area contributed by atoms with Crippen molar-refractivity contribution in [1.29, 1.82) is 0 Å². The smallest absolute Gasteiger partial charge is 0.352 e. The SMILES string of the molecule is CCOC(=O)C(OC(=O)CC)C(OC(=O)CC)C(=O)OCC. The van der Waals surface area contributed by atoms with E-state index in [0.29, 0.717) is 0 Å². The molecule has 8 heteroatoms. The molecule has 0 aromatic heterocycles. The molecule has 2 unspecified atom stereocenters. The first-order valence-electron chi connectivity index (χ1n) is 7.13. The quantitative estimate of drug-likeness (QED) is 0.453. The number of carbonyl (C=O) groups is 4. The highest BCUT2D eigenvalue weighted by Gasteiger charge is 2.42. The third kappa shape index (κ3) is 6.55. The van der Waals surface area contributed by atoms with Crippen LogP contribution in [0.25, 0.3) is 0 Å². The van der Waals surface area contributed by atoms with E-state index in [9.17, 15) is 19.2 Å². The van der Waals surface area contributed by atoms with E-state index in [1.807, 2.05) is 0 Å². The molecule has 0 aromatic carbocycles. The number of rotatable bonds is 9. The Labute approximate surface area is 129 Å². The molecule has 0 saturated carbocycles. The molecule has 0 aliphatic heterocycles. The van der Waals surface area contributed by atoms with Crippen LogP contribution in [0, 0.1) is 0 Å². The average Bonchev–Trinajstić information content (AvgIpc) is 2.50. The number of esters is 4. The predicted molar refractivity (Wildman–Crippen MR) is 73.6 cm³/mol. The van der Waals surface area contributed by atoms with Gasteiger partial charge in [-0.1, -0.05) is 13.8 Å². The van der Waals surface area contributed by atoms with Gasteiger partial charge in [-0.25, -0.2) is 9.59 Å². The Morgan fingerprint density at radius 2 is 1.00 bits per heavy atom. The number of carbonyl (C=O) groups excluding carboxylic acids is 4. The first-order valence-corrected chi connectivity index (χ1v) is 7.13. The Balaban J connectivity index is 5.38. The molecule has 0 bridgehead atoms. The summed E-state index contributed by atoms with van der Waals surface area (Å²) in [5.74, 6) is -3.43. The fraction of sp³-hybridized carbons (Fsp3) is 0.714. The first kappa shape index (κ1) is 19.9. The lowest BCUT2D eigenvalue weighted by Gasteiger charge is -2.23. The molecule has 0 spiro atoms. The molecule has 0 amide bonds. The maximum absolute atomic E-state index is 11.9. The Morgan fingerprint density at radius 3 is 1.23 bits per heavy atom. The van der Waals surface area contributed by atoms with Crippen molar-refractivity contribution in [3.05, 3.63) is 0 Å². The molecule has 0 saturated heterocycles. The summed E-state index contributed by atoms with van der Waals surface area (Å²) in [6.45, 7) is 6.15. The fourth-order valence-electron chi connectivity index (χ4n) is 1.37. The normalized spacial score (nSPS) is 12.7. The Morgan fingerprint density at radius 1 is 0.682 bits per heavy atom. The number of hydrogen-bond donors (Lipinski definition) is 0. The van der Waals surface area contributed by atoms with Crippen molar-refractivity contribution >= 4 is 23.9 Å². The van der Waals surface area contributed by atoms with Crippen molar-refractivity contribution in [3.63, 3.8) is 0 Å². The standard InChI is InChI=1S/C14H22O8/c1-5-9(15)21-11(13(17)19-7-3)12(14(18)20-8-4)22-10(16)6-2/h11-12H,5-8H2,1-4H3. The zero-order valence-corrected chi connectivity index (χ0v) is 13.2. The molecule has 0 fully saturated rings. The number of hydrogen-bond acceptors (Lipinski definition) is 8. The maximum atomic E-state index is 11.9. The minimum absolute atomic E-state index is 0.0102. The summed E-state index contributed by atoms with van der Waals surface area (Å²) in [5, 5.41) is 0. The van der Waals surface area contributed by atoms with Crippen LogP contribution in [0.15, 0.2) is 0 Å². The highest BCUT2D eigenvalue weighted by atomic mass is 16.6. The zero-order chi connectivity index (χ0) is 17.1. The topological polar surface area (TPSA) is 105 Å². The lowest BCUT2D eigenvalue weighted by Crippen LogP contribution is -2.47. The van der Waals surface area contributed by atoms with E-state index in [-0.39, 0.29) is 26.1 Å². The van der Waals surface area contributed by atoms with Gasteiger partial charge in [-0.3, -0.25) is 9.59 Å². The molecule has 0 radical (unpaired) electrons. The van der Waals surface area contributed by atoms with Gasteiger partial charge in [0, 0.05) is 12.8 Å². The summed E-state index contributed by atoms with van der Waals surface area (Å²) < 4.78 is 19.3. The van der Waals surface area contributed by atoms with Gasteiger partial charge in [-0.15, -0.1) is 0 Å². The molecule has 22 heavy (non-hydrogen) atoms. The van der Waals surface area contributed by atoms with E-state index in [2.05, 4.69) is 0 Å². The monoisotopic (exact) mass is 318 g/mol. The molecular formula is C14H22O8. The highest BCUT2D eigenvalue weighted by molar-refractivity contribution is 5.89.